The third-order valence-electron chi connectivity index (χ3n) is 5.73. The van der Waals surface area contributed by atoms with Crippen molar-refractivity contribution in [2.75, 3.05) is 41.3 Å². The van der Waals surface area contributed by atoms with Crippen LogP contribution in [0.4, 0.5) is 17.1 Å². The molecule has 2 saturated heterocycles. The summed E-state index contributed by atoms with van der Waals surface area (Å²) < 4.78 is 0. The van der Waals surface area contributed by atoms with Crippen molar-refractivity contribution in [1.82, 2.24) is 4.98 Å². The monoisotopic (exact) mass is 364 g/mol. The van der Waals surface area contributed by atoms with Gasteiger partial charge in [0.25, 0.3) is 5.91 Å². The topological polar surface area (TPSA) is 48.5 Å². The minimum Gasteiger partial charge on any atom is -0.372 e. The molecule has 0 spiro atoms. The molecule has 4 rings (SSSR count). The Kier molecular flexibility index (Phi) is 5.28. The number of aromatic nitrogens is 1. The Morgan fingerprint density at radius 1 is 0.926 bits per heavy atom. The fraction of sp³-hybridized carbons (Fsp3) is 0.455. The van der Waals surface area contributed by atoms with Crippen LogP contribution in [-0.2, 0) is 0 Å². The predicted molar refractivity (Wildman–Crippen MR) is 111 cm³/mol. The van der Waals surface area contributed by atoms with Gasteiger partial charge in [-0.1, -0.05) is 6.92 Å². The van der Waals surface area contributed by atoms with Crippen LogP contribution in [0.2, 0.25) is 0 Å². The molecule has 1 aromatic carbocycles. The quantitative estimate of drug-likeness (QED) is 0.884. The van der Waals surface area contributed by atoms with Crippen molar-refractivity contribution in [2.45, 2.75) is 32.6 Å². The average Bonchev–Trinajstić information content (AvgIpc) is 3.24. The molecule has 1 N–H and O–H groups in total. The second-order valence-electron chi connectivity index (χ2n) is 7.77. The molecule has 2 fully saturated rings. The van der Waals surface area contributed by atoms with Gasteiger partial charge < -0.3 is 15.1 Å². The Morgan fingerprint density at radius 2 is 1.56 bits per heavy atom. The Balaban J connectivity index is 1.36. The first-order valence-corrected chi connectivity index (χ1v) is 10.1. The first kappa shape index (κ1) is 17.8. The number of amides is 1. The smallest absolute Gasteiger partial charge is 0.274 e. The molecule has 142 valence electrons. The van der Waals surface area contributed by atoms with Crippen LogP contribution in [0.5, 0.6) is 0 Å². The van der Waals surface area contributed by atoms with Gasteiger partial charge in [-0.3, -0.25) is 4.79 Å². The van der Waals surface area contributed by atoms with Gasteiger partial charge in [0.2, 0.25) is 0 Å². The average molecular weight is 364 g/mol. The summed E-state index contributed by atoms with van der Waals surface area (Å²) >= 11 is 0. The normalized spacial score (nSPS) is 18.0. The van der Waals surface area contributed by atoms with Gasteiger partial charge in [-0.2, -0.15) is 0 Å². The molecule has 1 amide bonds. The number of anilines is 3. The molecule has 0 atom stereocenters. The fourth-order valence-electron chi connectivity index (χ4n) is 3.90. The molecule has 2 aromatic rings. The summed E-state index contributed by atoms with van der Waals surface area (Å²) in [6.07, 6.45) is 6.78. The van der Waals surface area contributed by atoms with E-state index in [9.17, 15) is 4.79 Å². The number of pyridine rings is 1. The molecule has 0 unspecified atom stereocenters. The number of carbonyl (C=O) groups is 1. The minimum absolute atomic E-state index is 0.164. The maximum Gasteiger partial charge on any atom is 0.274 e. The molecule has 0 bridgehead atoms. The lowest BCUT2D eigenvalue weighted by Gasteiger charge is -2.31. The maximum absolute atomic E-state index is 12.5. The number of hydrogen-bond acceptors (Lipinski definition) is 4. The Bertz CT molecular complexity index is 758. The summed E-state index contributed by atoms with van der Waals surface area (Å²) in [4.78, 5) is 21.6. The lowest BCUT2D eigenvalue weighted by Crippen LogP contribution is -2.32. The second kappa shape index (κ2) is 7.99. The van der Waals surface area contributed by atoms with Crippen LogP contribution < -0.4 is 15.1 Å². The summed E-state index contributed by atoms with van der Waals surface area (Å²) in [7, 11) is 0. The summed E-state index contributed by atoms with van der Waals surface area (Å²) in [5.41, 5.74) is 3.59. The highest BCUT2D eigenvalue weighted by Crippen LogP contribution is 2.24. The van der Waals surface area contributed by atoms with Gasteiger partial charge in [-0.25, -0.2) is 4.98 Å². The summed E-state index contributed by atoms with van der Waals surface area (Å²) in [5.74, 6) is 0.638. The highest BCUT2D eigenvalue weighted by Gasteiger charge is 2.17. The van der Waals surface area contributed by atoms with Crippen molar-refractivity contribution >= 4 is 23.0 Å². The Labute approximate surface area is 161 Å². The highest BCUT2D eigenvalue weighted by molar-refractivity contribution is 6.03. The largest absolute Gasteiger partial charge is 0.372 e. The van der Waals surface area contributed by atoms with Gasteiger partial charge >= 0.3 is 0 Å². The molecular formula is C22H28N4O. The van der Waals surface area contributed by atoms with E-state index in [4.69, 9.17) is 0 Å². The molecule has 2 aliphatic rings. The van der Waals surface area contributed by atoms with Crippen molar-refractivity contribution in [1.29, 1.82) is 0 Å². The van der Waals surface area contributed by atoms with E-state index in [1.807, 2.05) is 30.5 Å². The standard InChI is InChI=1S/C22H28N4O/c1-17-10-14-26(15-11-17)20-8-9-21(23-16-20)22(27)24-18-4-6-19(7-5-18)25-12-2-3-13-25/h4-9,16-17H,2-3,10-15H2,1H3,(H,24,27). The molecule has 5 nitrogen and oxygen atoms in total. The third-order valence-corrected chi connectivity index (χ3v) is 5.73. The van der Waals surface area contributed by atoms with Crippen LogP contribution in [0.1, 0.15) is 43.1 Å². The lowest BCUT2D eigenvalue weighted by atomic mass is 9.99. The van der Waals surface area contributed by atoms with E-state index in [1.54, 1.807) is 0 Å². The molecule has 27 heavy (non-hydrogen) atoms. The number of piperidine rings is 1. The van der Waals surface area contributed by atoms with E-state index >= 15 is 0 Å². The van der Waals surface area contributed by atoms with Crippen LogP contribution in [0.15, 0.2) is 42.6 Å². The van der Waals surface area contributed by atoms with Crippen molar-refractivity contribution in [3.63, 3.8) is 0 Å². The molecular weight excluding hydrogens is 336 g/mol. The SMILES string of the molecule is CC1CCN(c2ccc(C(=O)Nc3ccc(N4CCCC4)cc3)nc2)CC1. The molecule has 0 aliphatic carbocycles. The molecule has 1 aromatic heterocycles. The zero-order valence-corrected chi connectivity index (χ0v) is 16.0. The van der Waals surface area contributed by atoms with Gasteiger partial charge in [-0.15, -0.1) is 0 Å². The first-order valence-electron chi connectivity index (χ1n) is 10.1. The number of benzene rings is 1. The Hall–Kier alpha value is -2.56. The lowest BCUT2D eigenvalue weighted by molar-refractivity contribution is 0.102. The van der Waals surface area contributed by atoms with Crippen molar-refractivity contribution in [3.8, 4) is 0 Å². The van der Waals surface area contributed by atoms with Crippen LogP contribution in [-0.4, -0.2) is 37.1 Å². The zero-order chi connectivity index (χ0) is 18.6. The van der Waals surface area contributed by atoms with Gasteiger partial charge in [-0.05, 0) is 68.0 Å². The second-order valence-corrected chi connectivity index (χ2v) is 7.77. The predicted octanol–water partition coefficient (Wildman–Crippen LogP) is 4.17. The third kappa shape index (κ3) is 4.24. The Morgan fingerprint density at radius 3 is 2.19 bits per heavy atom. The molecule has 5 heteroatoms. The zero-order valence-electron chi connectivity index (χ0n) is 16.0. The van der Waals surface area contributed by atoms with Crippen LogP contribution in [0.25, 0.3) is 0 Å². The maximum atomic E-state index is 12.5. The molecule has 0 radical (unpaired) electrons. The number of rotatable bonds is 4. The van der Waals surface area contributed by atoms with E-state index in [0.29, 0.717) is 5.69 Å². The van der Waals surface area contributed by atoms with Gasteiger partial charge in [0.05, 0.1) is 11.9 Å². The molecule has 0 saturated carbocycles. The summed E-state index contributed by atoms with van der Waals surface area (Å²) in [6, 6.07) is 11.9. The van der Waals surface area contributed by atoms with Crippen molar-refractivity contribution in [3.05, 3.63) is 48.3 Å². The van der Waals surface area contributed by atoms with Crippen molar-refractivity contribution in [2.24, 2.45) is 5.92 Å². The fourth-order valence-corrected chi connectivity index (χ4v) is 3.90. The number of nitrogens with one attached hydrogen (secondary N) is 1. The number of hydrogen-bond donors (Lipinski definition) is 1. The van der Waals surface area contributed by atoms with Crippen LogP contribution in [0, 0.1) is 5.92 Å². The van der Waals surface area contributed by atoms with Gasteiger partial charge in [0.1, 0.15) is 5.69 Å². The minimum atomic E-state index is -0.164. The first-order chi connectivity index (χ1) is 13.2. The van der Waals surface area contributed by atoms with Gasteiger partial charge in [0, 0.05) is 37.6 Å². The van der Waals surface area contributed by atoms with Crippen LogP contribution in [0.3, 0.4) is 0 Å². The summed E-state index contributed by atoms with van der Waals surface area (Å²) in [6.45, 7) is 6.69. The molecule has 3 heterocycles. The molecule has 2 aliphatic heterocycles. The summed E-state index contributed by atoms with van der Waals surface area (Å²) in [5, 5.41) is 2.95. The number of nitrogens with zero attached hydrogens (tertiary/aromatic N) is 3. The highest BCUT2D eigenvalue weighted by atomic mass is 16.1. The van der Waals surface area contributed by atoms with Gasteiger partial charge in [0.15, 0.2) is 0 Å². The van der Waals surface area contributed by atoms with E-state index in [2.05, 4.69) is 39.2 Å². The van der Waals surface area contributed by atoms with Crippen LogP contribution >= 0.6 is 0 Å². The van der Waals surface area contributed by atoms with Crippen molar-refractivity contribution < 1.29 is 4.79 Å². The van der Waals surface area contributed by atoms with E-state index < -0.39 is 0 Å². The number of carbonyl (C=O) groups excluding carboxylic acids is 1. The van der Waals surface area contributed by atoms with E-state index in [0.717, 1.165) is 43.5 Å². The van der Waals surface area contributed by atoms with E-state index in [-0.39, 0.29) is 5.91 Å². The van der Waals surface area contributed by atoms with E-state index in [1.165, 1.54) is 31.4 Å².